The molecule has 1 fully saturated rings. The van der Waals surface area contributed by atoms with Crippen LogP contribution in [0.1, 0.15) is 39.5 Å². The van der Waals surface area contributed by atoms with Crippen molar-refractivity contribution in [1.29, 1.82) is 0 Å². The highest BCUT2D eigenvalue weighted by Gasteiger charge is 2.37. The van der Waals surface area contributed by atoms with Gasteiger partial charge in [0.15, 0.2) is 5.65 Å². The fraction of sp³-hybridized carbons (Fsp3) is 0.600. The van der Waals surface area contributed by atoms with Crippen LogP contribution in [0.5, 0.6) is 0 Å². The number of likely N-dealkylation sites (N-methyl/N-ethyl adjacent to an activating group) is 1. The molecule has 0 aromatic carbocycles. The highest BCUT2D eigenvalue weighted by molar-refractivity contribution is 5.78. The maximum atomic E-state index is 12.6. The van der Waals surface area contributed by atoms with Gasteiger partial charge in [-0.2, -0.15) is 0 Å². The van der Waals surface area contributed by atoms with Crippen LogP contribution >= 0.6 is 0 Å². The highest BCUT2D eigenvalue weighted by atomic mass is 16.4. The number of aromatic nitrogens is 3. The molecule has 1 saturated heterocycles. The predicted molar refractivity (Wildman–Crippen MR) is 108 cm³/mol. The van der Waals surface area contributed by atoms with E-state index in [4.69, 9.17) is 5.11 Å². The molecular weight excluding hydrogens is 374 g/mol. The summed E-state index contributed by atoms with van der Waals surface area (Å²) in [5.74, 6) is -0.334. The summed E-state index contributed by atoms with van der Waals surface area (Å²) in [6.45, 7) is 4.87. The van der Waals surface area contributed by atoms with Crippen LogP contribution in [0.25, 0.3) is 5.65 Å². The lowest BCUT2D eigenvalue weighted by atomic mass is 9.85. The molecule has 2 N–H and O–H groups in total. The van der Waals surface area contributed by atoms with Crippen LogP contribution in [0.15, 0.2) is 24.5 Å². The van der Waals surface area contributed by atoms with Crippen molar-refractivity contribution in [2.45, 2.75) is 45.1 Å². The summed E-state index contributed by atoms with van der Waals surface area (Å²) in [6.07, 6.45) is 4.88. The van der Waals surface area contributed by atoms with Crippen molar-refractivity contribution < 1.29 is 19.8 Å². The maximum Gasteiger partial charge on any atom is 0.303 e. The van der Waals surface area contributed by atoms with Crippen molar-refractivity contribution in [1.82, 2.24) is 19.5 Å². The van der Waals surface area contributed by atoms with Crippen molar-refractivity contribution in [3.63, 3.8) is 0 Å². The minimum atomic E-state index is -1.05. The van der Waals surface area contributed by atoms with E-state index in [0.29, 0.717) is 13.0 Å². The van der Waals surface area contributed by atoms with Gasteiger partial charge in [0.2, 0.25) is 5.91 Å². The zero-order chi connectivity index (χ0) is 21.2. The highest BCUT2D eigenvalue weighted by Crippen LogP contribution is 2.28. The Morgan fingerprint density at radius 2 is 2.07 bits per heavy atom. The van der Waals surface area contributed by atoms with Gasteiger partial charge >= 0.3 is 5.97 Å². The van der Waals surface area contributed by atoms with Crippen molar-refractivity contribution in [2.24, 2.45) is 5.41 Å². The van der Waals surface area contributed by atoms with Crippen LogP contribution in [0, 0.1) is 5.41 Å². The first-order chi connectivity index (χ1) is 13.6. The summed E-state index contributed by atoms with van der Waals surface area (Å²) in [7, 11) is 1.66. The Labute approximate surface area is 169 Å². The van der Waals surface area contributed by atoms with Gasteiger partial charge in [0.1, 0.15) is 5.82 Å². The fourth-order valence-corrected chi connectivity index (χ4v) is 3.96. The molecule has 1 atom stereocenters. The summed E-state index contributed by atoms with van der Waals surface area (Å²) >= 11 is 0. The van der Waals surface area contributed by atoms with Crippen molar-refractivity contribution in [3.8, 4) is 0 Å². The van der Waals surface area contributed by atoms with Gasteiger partial charge in [-0.05, 0) is 30.4 Å². The first-order valence-corrected chi connectivity index (χ1v) is 9.80. The van der Waals surface area contributed by atoms with Crippen LogP contribution in [-0.2, 0) is 9.59 Å². The largest absolute Gasteiger partial charge is 0.481 e. The van der Waals surface area contributed by atoms with E-state index in [9.17, 15) is 14.7 Å². The molecule has 1 unspecified atom stereocenters. The number of fused-ring (bicyclic) bond motifs is 1. The summed E-state index contributed by atoms with van der Waals surface area (Å²) in [5.41, 5.74) is -0.927. The molecule has 158 valence electrons. The smallest absolute Gasteiger partial charge is 0.303 e. The average Bonchev–Trinajstić information content (AvgIpc) is 3.07. The Bertz CT molecular complexity index is 896. The molecule has 0 radical (unpaired) electrons. The molecule has 2 aromatic rings. The molecule has 1 amide bonds. The number of anilines is 1. The molecule has 2 aromatic heterocycles. The van der Waals surface area contributed by atoms with Crippen LogP contribution in [0.4, 0.5) is 5.82 Å². The fourth-order valence-electron chi connectivity index (χ4n) is 3.96. The van der Waals surface area contributed by atoms with Crippen LogP contribution in [-0.4, -0.2) is 73.9 Å². The summed E-state index contributed by atoms with van der Waals surface area (Å²) in [6, 6.07) is 3.77. The van der Waals surface area contributed by atoms with E-state index in [1.807, 2.05) is 17.0 Å². The minimum Gasteiger partial charge on any atom is -0.481 e. The molecule has 1 aliphatic rings. The predicted octanol–water partition coefficient (Wildman–Crippen LogP) is 1.41. The van der Waals surface area contributed by atoms with E-state index in [0.717, 1.165) is 24.4 Å². The van der Waals surface area contributed by atoms with Crippen LogP contribution < -0.4 is 4.90 Å². The van der Waals surface area contributed by atoms with Crippen LogP contribution in [0.3, 0.4) is 0 Å². The number of aliphatic hydroxyl groups is 1. The Balaban J connectivity index is 1.64. The molecule has 0 spiro atoms. The molecule has 29 heavy (non-hydrogen) atoms. The second-order valence-corrected chi connectivity index (χ2v) is 8.83. The third-order valence-corrected chi connectivity index (χ3v) is 5.34. The normalized spacial score (nSPS) is 20.1. The number of imidazole rings is 1. The standard InChI is InChI=1S/C20H29N5O4/c1-19(2,12-18(27)28)11-17(26)23(3)13-20(29)7-4-9-24(14-20)16-6-5-15-21-8-10-25(15)22-16/h5-6,8,10,29H,4,7,9,11-14H2,1-3H3,(H,27,28). The molecule has 3 rings (SSSR count). The van der Waals surface area contributed by atoms with E-state index in [-0.39, 0.29) is 25.3 Å². The van der Waals surface area contributed by atoms with E-state index < -0.39 is 17.0 Å². The van der Waals surface area contributed by atoms with Gasteiger partial charge in [-0.15, -0.1) is 5.10 Å². The first-order valence-electron chi connectivity index (χ1n) is 9.80. The van der Waals surface area contributed by atoms with Gasteiger partial charge < -0.3 is 20.0 Å². The molecule has 9 nitrogen and oxygen atoms in total. The van der Waals surface area contributed by atoms with E-state index in [1.165, 1.54) is 4.90 Å². The molecule has 0 saturated carbocycles. The second kappa shape index (κ2) is 7.98. The number of nitrogens with zero attached hydrogens (tertiary/aromatic N) is 5. The van der Waals surface area contributed by atoms with E-state index in [1.54, 1.807) is 37.8 Å². The summed E-state index contributed by atoms with van der Waals surface area (Å²) < 4.78 is 1.70. The number of rotatable bonds is 7. The zero-order valence-corrected chi connectivity index (χ0v) is 17.2. The number of amides is 1. The number of piperidine rings is 1. The molecule has 0 bridgehead atoms. The Morgan fingerprint density at radius 3 is 2.79 bits per heavy atom. The van der Waals surface area contributed by atoms with Gasteiger partial charge in [0.25, 0.3) is 0 Å². The van der Waals surface area contributed by atoms with Gasteiger partial charge in [0, 0.05) is 39.0 Å². The van der Waals surface area contributed by atoms with Crippen molar-refractivity contribution in [3.05, 3.63) is 24.5 Å². The third-order valence-electron chi connectivity index (χ3n) is 5.34. The zero-order valence-electron chi connectivity index (χ0n) is 17.2. The Kier molecular flexibility index (Phi) is 5.79. The minimum absolute atomic E-state index is 0.0764. The average molecular weight is 403 g/mol. The quantitative estimate of drug-likeness (QED) is 0.719. The molecular formula is C20H29N5O4. The lowest BCUT2D eigenvalue weighted by Crippen LogP contribution is -2.55. The SMILES string of the molecule is CN(CC1(O)CCCN(c2ccc3nccn3n2)C1)C(=O)CC(C)(C)CC(=O)O. The number of carboxylic acid groups (broad SMARTS) is 1. The molecule has 3 heterocycles. The lowest BCUT2D eigenvalue weighted by molar-refractivity contribution is -0.141. The second-order valence-electron chi connectivity index (χ2n) is 8.83. The number of hydrogen-bond donors (Lipinski definition) is 2. The van der Waals surface area contributed by atoms with E-state index >= 15 is 0 Å². The Morgan fingerprint density at radius 1 is 1.31 bits per heavy atom. The monoisotopic (exact) mass is 403 g/mol. The number of hydrogen-bond acceptors (Lipinski definition) is 6. The van der Waals surface area contributed by atoms with Gasteiger partial charge in [-0.3, -0.25) is 9.59 Å². The Hall–Kier alpha value is -2.68. The number of carbonyl (C=O) groups excluding carboxylic acids is 1. The maximum absolute atomic E-state index is 12.6. The molecule has 1 aliphatic heterocycles. The van der Waals surface area contributed by atoms with Crippen LogP contribution in [0.2, 0.25) is 0 Å². The summed E-state index contributed by atoms with van der Waals surface area (Å²) in [5, 5.41) is 24.7. The number of carboxylic acids is 1. The number of aliphatic carboxylic acids is 1. The molecule has 0 aliphatic carbocycles. The van der Waals surface area contributed by atoms with Gasteiger partial charge in [-0.1, -0.05) is 13.8 Å². The van der Waals surface area contributed by atoms with Crippen molar-refractivity contribution >= 4 is 23.3 Å². The van der Waals surface area contributed by atoms with E-state index in [2.05, 4.69) is 10.1 Å². The third kappa shape index (κ3) is 5.23. The number of carbonyl (C=O) groups is 2. The molecule has 9 heteroatoms. The number of β-amino-alcohol motifs (C(OH)–C–C–N with tert-alkyl or cyclic N) is 1. The topological polar surface area (TPSA) is 111 Å². The first kappa shape index (κ1) is 21.0. The van der Waals surface area contributed by atoms with Gasteiger partial charge in [0.05, 0.1) is 18.6 Å². The lowest BCUT2D eigenvalue weighted by Gasteiger charge is -2.41. The van der Waals surface area contributed by atoms with Crippen molar-refractivity contribution in [2.75, 3.05) is 31.6 Å². The van der Waals surface area contributed by atoms with Gasteiger partial charge in [-0.25, -0.2) is 9.50 Å². The summed E-state index contributed by atoms with van der Waals surface area (Å²) in [4.78, 5) is 31.3.